The summed E-state index contributed by atoms with van der Waals surface area (Å²) in [6.07, 6.45) is 0.397. The maximum absolute atomic E-state index is 13.1. The largest absolute Gasteiger partial charge is 0.331 e. The van der Waals surface area contributed by atoms with Gasteiger partial charge in [0.25, 0.3) is 5.91 Å². The van der Waals surface area contributed by atoms with E-state index in [1.165, 1.54) is 10.5 Å². The molecular formula is C19H18N2O2S. The monoisotopic (exact) mass is 338 g/mol. The quantitative estimate of drug-likeness (QED) is 0.868. The number of amides is 2. The Bertz CT molecular complexity index is 834. The second-order valence-electron chi connectivity index (χ2n) is 6.30. The average molecular weight is 338 g/mol. The van der Waals surface area contributed by atoms with Gasteiger partial charge in [0.1, 0.15) is 0 Å². The van der Waals surface area contributed by atoms with Crippen LogP contribution in [0.1, 0.15) is 28.4 Å². The molecule has 122 valence electrons. The van der Waals surface area contributed by atoms with Crippen molar-refractivity contribution in [1.82, 2.24) is 4.90 Å². The predicted molar refractivity (Wildman–Crippen MR) is 95.3 cm³/mol. The smallest absolute Gasteiger partial charge is 0.254 e. The van der Waals surface area contributed by atoms with Crippen molar-refractivity contribution in [2.24, 2.45) is 0 Å². The van der Waals surface area contributed by atoms with Gasteiger partial charge < -0.3 is 10.2 Å². The van der Waals surface area contributed by atoms with E-state index in [4.69, 9.17) is 0 Å². The number of carbonyl (C=O) groups excluding carboxylic acids is 2. The van der Waals surface area contributed by atoms with Crippen LogP contribution in [0.25, 0.3) is 0 Å². The Balaban J connectivity index is 1.64. The second kappa shape index (κ2) is 5.98. The van der Waals surface area contributed by atoms with Crippen molar-refractivity contribution in [3.8, 4) is 0 Å². The average Bonchev–Trinajstić information content (AvgIpc) is 2.87. The van der Waals surface area contributed by atoms with Crippen LogP contribution in [-0.4, -0.2) is 28.5 Å². The molecule has 0 aromatic heterocycles. The maximum atomic E-state index is 13.1. The number of benzene rings is 2. The van der Waals surface area contributed by atoms with Crippen molar-refractivity contribution in [1.29, 1.82) is 0 Å². The molecule has 0 bridgehead atoms. The first-order valence-corrected chi connectivity index (χ1v) is 9.05. The van der Waals surface area contributed by atoms with E-state index in [-0.39, 0.29) is 17.9 Å². The molecule has 2 amide bonds. The third-order valence-electron chi connectivity index (χ3n) is 4.57. The molecule has 4 rings (SSSR count). The first-order valence-electron chi connectivity index (χ1n) is 8.06. The lowest BCUT2D eigenvalue weighted by molar-refractivity contribution is -0.115. The minimum Gasteiger partial charge on any atom is -0.331 e. The Hall–Kier alpha value is -2.27. The molecular weight excluding hydrogens is 320 g/mol. The van der Waals surface area contributed by atoms with Gasteiger partial charge in [-0.1, -0.05) is 24.3 Å². The maximum Gasteiger partial charge on any atom is 0.254 e. The lowest BCUT2D eigenvalue weighted by Crippen LogP contribution is -2.38. The predicted octanol–water partition coefficient (Wildman–Crippen LogP) is 3.32. The summed E-state index contributed by atoms with van der Waals surface area (Å²) in [7, 11) is 0. The number of hydrogen-bond donors (Lipinski definition) is 1. The van der Waals surface area contributed by atoms with Crippen molar-refractivity contribution in [2.75, 3.05) is 11.1 Å². The van der Waals surface area contributed by atoms with Crippen molar-refractivity contribution >= 4 is 29.3 Å². The van der Waals surface area contributed by atoms with Crippen LogP contribution < -0.4 is 5.32 Å². The van der Waals surface area contributed by atoms with Gasteiger partial charge in [-0.25, -0.2) is 0 Å². The molecule has 1 unspecified atom stereocenters. The summed E-state index contributed by atoms with van der Waals surface area (Å²) in [4.78, 5) is 27.7. The van der Waals surface area contributed by atoms with Gasteiger partial charge in [-0.05, 0) is 36.2 Å². The Labute approximate surface area is 145 Å². The number of hydrogen-bond acceptors (Lipinski definition) is 3. The van der Waals surface area contributed by atoms with Crippen LogP contribution in [0.5, 0.6) is 0 Å². The van der Waals surface area contributed by atoms with E-state index < -0.39 is 0 Å². The molecule has 4 nitrogen and oxygen atoms in total. The van der Waals surface area contributed by atoms with Crippen LogP contribution >= 0.6 is 11.8 Å². The number of anilines is 1. The van der Waals surface area contributed by atoms with Crippen LogP contribution in [-0.2, 0) is 17.8 Å². The first-order chi connectivity index (χ1) is 11.6. The minimum atomic E-state index is -0.0110. The zero-order valence-electron chi connectivity index (χ0n) is 13.4. The normalized spacial score (nSPS) is 19.3. The standard InChI is InChI=1S/C19H18N2O2S/c1-12-11-24-17-5-3-2-4-15(17)10-21(12)19(23)14-7-6-13-9-18(22)20-16(13)8-14/h2-8,12H,9-11H2,1H3,(H,20,22). The molecule has 0 spiro atoms. The van der Waals surface area contributed by atoms with E-state index >= 15 is 0 Å². The Kier molecular flexibility index (Phi) is 3.81. The Morgan fingerprint density at radius 3 is 2.92 bits per heavy atom. The minimum absolute atomic E-state index is 0.0110. The van der Waals surface area contributed by atoms with Gasteiger partial charge in [-0.15, -0.1) is 11.8 Å². The van der Waals surface area contributed by atoms with Gasteiger partial charge in [0.05, 0.1) is 6.42 Å². The lowest BCUT2D eigenvalue weighted by Gasteiger charge is -2.27. The number of nitrogens with one attached hydrogen (secondary N) is 1. The Morgan fingerprint density at radius 1 is 1.21 bits per heavy atom. The van der Waals surface area contributed by atoms with E-state index in [0.717, 1.165) is 17.0 Å². The number of thioether (sulfide) groups is 1. The highest BCUT2D eigenvalue weighted by Crippen LogP contribution is 2.31. The Morgan fingerprint density at radius 2 is 2.04 bits per heavy atom. The van der Waals surface area contributed by atoms with E-state index in [0.29, 0.717) is 18.5 Å². The molecule has 2 aromatic carbocycles. The molecule has 0 saturated carbocycles. The SMILES string of the molecule is CC1CSc2ccccc2CN1C(=O)c1ccc2c(c1)NC(=O)C2. The molecule has 0 saturated heterocycles. The molecule has 0 fully saturated rings. The van der Waals surface area contributed by atoms with Crippen molar-refractivity contribution in [3.63, 3.8) is 0 Å². The van der Waals surface area contributed by atoms with Crippen molar-refractivity contribution < 1.29 is 9.59 Å². The van der Waals surface area contributed by atoms with Crippen LogP contribution in [0, 0.1) is 0 Å². The fourth-order valence-corrected chi connectivity index (χ4v) is 4.29. The number of fused-ring (bicyclic) bond motifs is 2. The first kappa shape index (κ1) is 15.3. The van der Waals surface area contributed by atoms with Crippen molar-refractivity contribution in [2.45, 2.75) is 30.8 Å². The number of carbonyl (C=O) groups is 2. The van der Waals surface area contributed by atoms with Crippen molar-refractivity contribution in [3.05, 3.63) is 59.2 Å². The topological polar surface area (TPSA) is 49.4 Å². The molecule has 0 aliphatic carbocycles. The summed E-state index contributed by atoms with van der Waals surface area (Å²) >= 11 is 1.80. The summed E-state index contributed by atoms with van der Waals surface area (Å²) < 4.78 is 0. The fourth-order valence-electron chi connectivity index (χ4n) is 3.20. The van der Waals surface area contributed by atoms with Gasteiger partial charge in [-0.2, -0.15) is 0 Å². The van der Waals surface area contributed by atoms with Gasteiger partial charge >= 0.3 is 0 Å². The van der Waals surface area contributed by atoms with E-state index in [2.05, 4.69) is 24.4 Å². The third kappa shape index (κ3) is 2.69. The van der Waals surface area contributed by atoms with Gasteiger partial charge in [0.15, 0.2) is 0 Å². The second-order valence-corrected chi connectivity index (χ2v) is 7.36. The van der Waals surface area contributed by atoms with Crippen LogP contribution in [0.4, 0.5) is 5.69 Å². The summed E-state index contributed by atoms with van der Waals surface area (Å²) in [6.45, 7) is 2.71. The van der Waals surface area contributed by atoms with Crippen LogP contribution in [0.2, 0.25) is 0 Å². The van der Waals surface area contributed by atoms with E-state index in [9.17, 15) is 9.59 Å². The molecule has 2 heterocycles. The molecule has 1 atom stereocenters. The van der Waals surface area contributed by atoms with E-state index in [1.807, 2.05) is 29.2 Å². The highest BCUT2D eigenvalue weighted by molar-refractivity contribution is 7.99. The number of nitrogens with zero attached hydrogens (tertiary/aromatic N) is 1. The molecule has 2 aliphatic heterocycles. The molecule has 2 aliphatic rings. The van der Waals surface area contributed by atoms with Crippen LogP contribution in [0.3, 0.4) is 0 Å². The summed E-state index contributed by atoms with van der Waals surface area (Å²) in [5.41, 5.74) is 3.55. The lowest BCUT2D eigenvalue weighted by atomic mass is 10.1. The summed E-state index contributed by atoms with van der Waals surface area (Å²) in [5.74, 6) is 0.886. The molecule has 24 heavy (non-hydrogen) atoms. The van der Waals surface area contributed by atoms with Gasteiger partial charge in [0, 0.05) is 34.5 Å². The van der Waals surface area contributed by atoms with E-state index in [1.54, 1.807) is 17.8 Å². The third-order valence-corrected chi connectivity index (χ3v) is 5.93. The van der Waals surface area contributed by atoms with Gasteiger partial charge in [0.2, 0.25) is 5.91 Å². The molecule has 0 radical (unpaired) electrons. The highest BCUT2D eigenvalue weighted by atomic mass is 32.2. The fraction of sp³-hybridized carbons (Fsp3) is 0.263. The zero-order chi connectivity index (χ0) is 16.7. The molecule has 1 N–H and O–H groups in total. The molecule has 2 aromatic rings. The summed E-state index contributed by atoms with van der Waals surface area (Å²) in [6, 6.07) is 13.9. The van der Waals surface area contributed by atoms with Crippen LogP contribution in [0.15, 0.2) is 47.4 Å². The zero-order valence-corrected chi connectivity index (χ0v) is 14.2. The molecule has 5 heteroatoms. The summed E-state index contributed by atoms with van der Waals surface area (Å²) in [5, 5.41) is 2.82. The van der Waals surface area contributed by atoms with Gasteiger partial charge in [-0.3, -0.25) is 9.59 Å². The highest BCUT2D eigenvalue weighted by Gasteiger charge is 2.27. The number of rotatable bonds is 1.